The molecular weight excluding hydrogens is 564 g/mol. The smallest absolute Gasteiger partial charge is 0.328 e. The summed E-state index contributed by atoms with van der Waals surface area (Å²) >= 11 is 3.43. The summed E-state index contributed by atoms with van der Waals surface area (Å²) in [6.45, 7) is 5.12. The first-order chi connectivity index (χ1) is 18.9. The average molecular weight is 593 g/mol. The minimum absolute atomic E-state index is 0.145. The van der Waals surface area contributed by atoms with Crippen molar-refractivity contribution in [3.05, 3.63) is 83.0 Å². The first kappa shape index (κ1) is 27.7. The van der Waals surface area contributed by atoms with Gasteiger partial charge >= 0.3 is 11.8 Å². The van der Waals surface area contributed by atoms with Crippen molar-refractivity contribution < 1.29 is 23.9 Å². The van der Waals surface area contributed by atoms with E-state index in [2.05, 4.69) is 38.9 Å². The monoisotopic (exact) mass is 592 g/mol. The quantitative estimate of drug-likeness (QED) is 0.156. The predicted molar refractivity (Wildman–Crippen MR) is 155 cm³/mol. The van der Waals surface area contributed by atoms with Crippen LogP contribution in [0.1, 0.15) is 37.2 Å². The van der Waals surface area contributed by atoms with Crippen molar-refractivity contribution in [1.29, 1.82) is 0 Å². The third-order valence-corrected chi connectivity index (χ3v) is 6.21. The van der Waals surface area contributed by atoms with Gasteiger partial charge in [-0.2, -0.15) is 0 Å². The van der Waals surface area contributed by atoms with Crippen molar-refractivity contribution in [1.82, 2.24) is 4.68 Å². The molecule has 3 N–H and O–H groups in total. The molecule has 0 unspecified atom stereocenters. The number of unbranched alkanes of at least 4 members (excludes halogenated alkanes) is 1. The summed E-state index contributed by atoms with van der Waals surface area (Å²) in [4.78, 5) is 38.8. The number of benzene rings is 3. The van der Waals surface area contributed by atoms with Crippen LogP contribution >= 0.6 is 15.9 Å². The van der Waals surface area contributed by atoms with Gasteiger partial charge in [-0.05, 0) is 86.1 Å². The lowest BCUT2D eigenvalue weighted by Gasteiger charge is -2.13. The van der Waals surface area contributed by atoms with Gasteiger partial charge in [0.05, 0.1) is 18.7 Å². The second-order valence-electron chi connectivity index (χ2n) is 8.60. The second kappa shape index (κ2) is 13.0. The maximum atomic E-state index is 13.2. The van der Waals surface area contributed by atoms with Crippen molar-refractivity contribution in [3.63, 3.8) is 0 Å². The molecule has 1 heterocycles. The molecule has 10 heteroatoms. The van der Waals surface area contributed by atoms with E-state index in [4.69, 9.17) is 9.47 Å². The van der Waals surface area contributed by atoms with E-state index in [1.54, 1.807) is 66.7 Å². The van der Waals surface area contributed by atoms with Crippen molar-refractivity contribution in [3.8, 4) is 11.5 Å². The maximum absolute atomic E-state index is 13.2. The number of amides is 3. The van der Waals surface area contributed by atoms with E-state index < -0.39 is 17.7 Å². The summed E-state index contributed by atoms with van der Waals surface area (Å²) in [6, 6.07) is 20.7. The van der Waals surface area contributed by atoms with E-state index in [1.807, 2.05) is 13.0 Å². The molecule has 0 bridgehead atoms. The number of nitrogens with zero attached hydrogens (tertiary/aromatic N) is 1. The van der Waals surface area contributed by atoms with Crippen molar-refractivity contribution in [2.45, 2.75) is 26.7 Å². The molecule has 0 spiro atoms. The number of hydrogen-bond acceptors (Lipinski definition) is 5. The molecule has 0 fully saturated rings. The molecule has 0 aliphatic carbocycles. The summed E-state index contributed by atoms with van der Waals surface area (Å²) in [5.74, 6) is -0.920. The Morgan fingerprint density at radius 3 is 2.08 bits per heavy atom. The van der Waals surface area contributed by atoms with Gasteiger partial charge in [0.1, 0.15) is 17.2 Å². The van der Waals surface area contributed by atoms with E-state index in [-0.39, 0.29) is 5.69 Å². The molecule has 0 aliphatic rings. The molecule has 0 saturated carbocycles. The zero-order chi connectivity index (χ0) is 27.8. The number of carbonyl (C=O) groups is 3. The fourth-order valence-electron chi connectivity index (χ4n) is 3.78. The zero-order valence-corrected chi connectivity index (χ0v) is 23.2. The Labute approximate surface area is 234 Å². The zero-order valence-electron chi connectivity index (χ0n) is 21.6. The van der Waals surface area contributed by atoms with E-state index in [0.29, 0.717) is 47.0 Å². The SMILES string of the molecule is CCCCOc1ccc(NC(=O)C(=O)Nn2c(C(=O)Nc3ccc(OCC)cc3)cc3cc(Br)ccc32)cc1. The molecule has 39 heavy (non-hydrogen) atoms. The van der Waals surface area contributed by atoms with E-state index in [0.717, 1.165) is 17.3 Å². The standard InChI is InChI=1S/C29H29BrN4O5/c1-3-5-16-39-24-13-9-22(10-14-24)32-28(36)29(37)33-34-25-15-6-20(30)17-19(25)18-26(34)27(35)31-21-7-11-23(12-8-21)38-4-2/h6-15,17-18H,3-5,16H2,1-2H3,(H,31,35)(H,32,36)(H,33,37). The van der Waals surface area contributed by atoms with Gasteiger partial charge < -0.3 is 20.1 Å². The first-order valence-corrected chi connectivity index (χ1v) is 13.4. The summed E-state index contributed by atoms with van der Waals surface area (Å²) in [5.41, 5.74) is 4.23. The van der Waals surface area contributed by atoms with Gasteiger partial charge in [0.25, 0.3) is 5.91 Å². The van der Waals surface area contributed by atoms with Crippen LogP contribution in [0.15, 0.2) is 77.3 Å². The molecule has 4 rings (SSSR count). The lowest BCUT2D eigenvalue weighted by molar-refractivity contribution is -0.133. The highest BCUT2D eigenvalue weighted by molar-refractivity contribution is 9.10. The average Bonchev–Trinajstić information content (AvgIpc) is 3.28. The van der Waals surface area contributed by atoms with Crippen LogP contribution in [0.2, 0.25) is 0 Å². The Morgan fingerprint density at radius 2 is 1.44 bits per heavy atom. The molecule has 3 aromatic carbocycles. The third-order valence-electron chi connectivity index (χ3n) is 5.72. The van der Waals surface area contributed by atoms with Crippen molar-refractivity contribution in [2.75, 3.05) is 29.3 Å². The summed E-state index contributed by atoms with van der Waals surface area (Å²) in [6.07, 6.45) is 1.98. The van der Waals surface area contributed by atoms with Crippen LogP contribution in [0.25, 0.3) is 10.9 Å². The maximum Gasteiger partial charge on any atom is 0.328 e. The molecule has 4 aromatic rings. The Hall–Kier alpha value is -4.31. The fraction of sp³-hybridized carbons (Fsp3) is 0.207. The van der Waals surface area contributed by atoms with Gasteiger partial charge in [-0.15, -0.1) is 0 Å². The van der Waals surface area contributed by atoms with Crippen LogP contribution in [-0.2, 0) is 9.59 Å². The van der Waals surface area contributed by atoms with Gasteiger partial charge in [-0.25, -0.2) is 4.68 Å². The minimum Gasteiger partial charge on any atom is -0.494 e. The fourth-order valence-corrected chi connectivity index (χ4v) is 4.16. The summed E-state index contributed by atoms with van der Waals surface area (Å²) in [7, 11) is 0. The largest absolute Gasteiger partial charge is 0.494 e. The topological polar surface area (TPSA) is 111 Å². The van der Waals surface area contributed by atoms with Crippen LogP contribution in [0.4, 0.5) is 11.4 Å². The molecule has 0 atom stereocenters. The van der Waals surface area contributed by atoms with Gasteiger partial charge in [0, 0.05) is 21.2 Å². The highest BCUT2D eigenvalue weighted by Crippen LogP contribution is 2.24. The number of hydrogen-bond donors (Lipinski definition) is 3. The minimum atomic E-state index is -0.936. The number of halogens is 1. The Balaban J connectivity index is 1.50. The number of anilines is 2. The third kappa shape index (κ3) is 7.17. The van der Waals surface area contributed by atoms with Gasteiger partial charge in [0.2, 0.25) is 0 Å². The van der Waals surface area contributed by atoms with Crippen LogP contribution in [0.5, 0.6) is 11.5 Å². The molecule has 1 aromatic heterocycles. The van der Waals surface area contributed by atoms with Crippen LogP contribution < -0.4 is 25.5 Å². The lowest BCUT2D eigenvalue weighted by Crippen LogP contribution is -2.36. The molecule has 202 valence electrons. The second-order valence-corrected chi connectivity index (χ2v) is 9.52. The van der Waals surface area contributed by atoms with Crippen molar-refractivity contribution >= 4 is 55.9 Å². The van der Waals surface area contributed by atoms with Gasteiger partial charge in [-0.1, -0.05) is 29.3 Å². The Kier molecular flexibility index (Phi) is 9.22. The molecule has 0 aliphatic heterocycles. The van der Waals surface area contributed by atoms with Gasteiger partial charge in [-0.3, -0.25) is 19.8 Å². The first-order valence-electron chi connectivity index (χ1n) is 12.6. The highest BCUT2D eigenvalue weighted by atomic mass is 79.9. The normalized spacial score (nSPS) is 10.6. The number of aromatic nitrogens is 1. The van der Waals surface area contributed by atoms with Gasteiger partial charge in [0.15, 0.2) is 0 Å². The van der Waals surface area contributed by atoms with Crippen LogP contribution in [0.3, 0.4) is 0 Å². The molecular formula is C29H29BrN4O5. The van der Waals surface area contributed by atoms with Crippen molar-refractivity contribution in [2.24, 2.45) is 0 Å². The molecule has 0 radical (unpaired) electrons. The molecule has 3 amide bonds. The van der Waals surface area contributed by atoms with E-state index >= 15 is 0 Å². The Morgan fingerprint density at radius 1 is 0.795 bits per heavy atom. The number of ether oxygens (including phenoxy) is 2. The Bertz CT molecular complexity index is 1470. The molecule has 9 nitrogen and oxygen atoms in total. The van der Waals surface area contributed by atoms with Crippen LogP contribution in [0, 0.1) is 0 Å². The van der Waals surface area contributed by atoms with Crippen LogP contribution in [-0.4, -0.2) is 35.6 Å². The number of carbonyl (C=O) groups excluding carboxylic acids is 3. The molecule has 0 saturated heterocycles. The number of rotatable bonds is 10. The predicted octanol–water partition coefficient (Wildman–Crippen LogP) is 5.94. The van der Waals surface area contributed by atoms with E-state index in [9.17, 15) is 14.4 Å². The number of fused-ring (bicyclic) bond motifs is 1. The highest BCUT2D eigenvalue weighted by Gasteiger charge is 2.21. The lowest BCUT2D eigenvalue weighted by atomic mass is 10.2. The summed E-state index contributed by atoms with van der Waals surface area (Å²) < 4.78 is 13.2. The number of nitrogens with one attached hydrogen (secondary N) is 3. The summed E-state index contributed by atoms with van der Waals surface area (Å²) in [5, 5.41) is 6.08. The van der Waals surface area contributed by atoms with E-state index in [1.165, 1.54) is 4.68 Å².